The molecule has 0 unspecified atom stereocenters. The van der Waals surface area contributed by atoms with Crippen LogP contribution < -0.4 is 0 Å². The molecule has 0 saturated carbocycles. The van der Waals surface area contributed by atoms with Gasteiger partial charge in [0.1, 0.15) is 5.82 Å². The number of benzene rings is 1. The van der Waals surface area contributed by atoms with Gasteiger partial charge in [0.05, 0.1) is 11.7 Å². The predicted molar refractivity (Wildman–Crippen MR) is 73.9 cm³/mol. The highest BCUT2D eigenvalue weighted by Crippen LogP contribution is 2.28. The van der Waals surface area contributed by atoms with Crippen molar-refractivity contribution in [3.8, 4) is 5.75 Å². The quantitative estimate of drug-likeness (QED) is 0.776. The van der Waals surface area contributed by atoms with Gasteiger partial charge < -0.3 is 14.8 Å². The molecule has 2 aromatic heterocycles. The smallest absolute Gasteiger partial charge is 0.358 e. The van der Waals surface area contributed by atoms with Crippen molar-refractivity contribution in [2.24, 2.45) is 0 Å². The Morgan fingerprint density at radius 3 is 2.62 bits per heavy atom. The van der Waals surface area contributed by atoms with Gasteiger partial charge in [0, 0.05) is 18.1 Å². The normalized spacial score (nSPS) is 10.9. The summed E-state index contributed by atoms with van der Waals surface area (Å²) < 4.78 is 14.7. The fourth-order valence-electron chi connectivity index (χ4n) is 2.22. The minimum absolute atomic E-state index is 0.304. The number of aromatic nitrogens is 2. The molecule has 0 radical (unpaired) electrons. The van der Waals surface area contributed by atoms with Crippen molar-refractivity contribution in [2.75, 3.05) is 0 Å². The first-order chi connectivity index (χ1) is 10.1. The van der Waals surface area contributed by atoms with Crippen LogP contribution >= 0.6 is 0 Å². The zero-order valence-corrected chi connectivity index (χ0v) is 10.8. The van der Waals surface area contributed by atoms with Gasteiger partial charge in [0.25, 0.3) is 0 Å². The summed E-state index contributed by atoms with van der Waals surface area (Å²) in [6, 6.07) is 7.71. The molecule has 3 aromatic rings. The van der Waals surface area contributed by atoms with E-state index in [0.717, 1.165) is 5.56 Å². The number of carboxylic acid groups (broad SMARTS) is 1. The van der Waals surface area contributed by atoms with Gasteiger partial charge >= 0.3 is 5.97 Å². The van der Waals surface area contributed by atoms with Crippen LogP contribution in [-0.4, -0.2) is 25.7 Å². The van der Waals surface area contributed by atoms with Crippen molar-refractivity contribution in [3.05, 3.63) is 59.8 Å². The van der Waals surface area contributed by atoms with Crippen LogP contribution in [0.5, 0.6) is 5.75 Å². The van der Waals surface area contributed by atoms with E-state index in [2.05, 4.69) is 4.98 Å². The fraction of sp³-hybridized carbons (Fsp3) is 0.0667. The Morgan fingerprint density at radius 1 is 1.24 bits per heavy atom. The Hall–Kier alpha value is -2.89. The molecule has 0 saturated heterocycles. The first-order valence-corrected chi connectivity index (χ1v) is 6.21. The number of pyridine rings is 1. The Bertz CT molecular complexity index is 825. The lowest BCUT2D eigenvalue weighted by Gasteiger charge is -2.06. The molecule has 0 bridgehead atoms. The Morgan fingerprint density at radius 2 is 1.95 bits per heavy atom. The number of halogens is 1. The number of nitrogens with zero attached hydrogens (tertiary/aromatic N) is 2. The van der Waals surface area contributed by atoms with Crippen molar-refractivity contribution in [1.82, 2.24) is 9.55 Å². The van der Waals surface area contributed by atoms with E-state index in [9.17, 15) is 14.3 Å². The number of aromatic hydroxyl groups is 1. The second-order valence-electron chi connectivity index (χ2n) is 4.63. The number of hydrogen-bond donors (Lipinski definition) is 2. The van der Waals surface area contributed by atoms with Crippen LogP contribution in [0.2, 0.25) is 0 Å². The molecule has 6 heteroatoms. The van der Waals surface area contributed by atoms with Crippen molar-refractivity contribution in [2.45, 2.75) is 6.54 Å². The molecule has 106 valence electrons. The van der Waals surface area contributed by atoms with E-state index in [-0.39, 0.29) is 17.3 Å². The number of rotatable bonds is 3. The first-order valence-electron chi connectivity index (χ1n) is 6.21. The van der Waals surface area contributed by atoms with Gasteiger partial charge in [-0.15, -0.1) is 0 Å². The highest BCUT2D eigenvalue weighted by atomic mass is 19.1. The lowest BCUT2D eigenvalue weighted by Crippen LogP contribution is -2.02. The summed E-state index contributed by atoms with van der Waals surface area (Å²) in [5.41, 5.74) is 1.12. The third-order valence-electron chi connectivity index (χ3n) is 3.27. The SMILES string of the molecule is O=C(O)c1ncc2c(ccn2Cc2ccc(F)cc2)c1O. The zero-order valence-electron chi connectivity index (χ0n) is 10.8. The predicted octanol–water partition coefficient (Wildman–Crippen LogP) is 2.63. The Kier molecular flexibility index (Phi) is 3.06. The van der Waals surface area contributed by atoms with Crippen LogP contribution in [0.1, 0.15) is 16.1 Å². The Balaban J connectivity index is 2.03. The minimum Gasteiger partial charge on any atom is -0.505 e. The lowest BCUT2D eigenvalue weighted by atomic mass is 10.2. The van der Waals surface area contributed by atoms with Crippen molar-refractivity contribution >= 4 is 16.9 Å². The molecule has 0 aliphatic carbocycles. The van der Waals surface area contributed by atoms with Crippen LogP contribution in [0, 0.1) is 5.82 Å². The van der Waals surface area contributed by atoms with Gasteiger partial charge in [-0.1, -0.05) is 12.1 Å². The maximum atomic E-state index is 12.9. The molecular formula is C15H11FN2O3. The molecule has 2 heterocycles. The molecule has 0 spiro atoms. The zero-order chi connectivity index (χ0) is 15.0. The summed E-state index contributed by atoms with van der Waals surface area (Å²) in [4.78, 5) is 14.7. The monoisotopic (exact) mass is 286 g/mol. The number of hydrogen-bond acceptors (Lipinski definition) is 3. The molecule has 0 atom stereocenters. The summed E-state index contributed by atoms with van der Waals surface area (Å²) in [6.45, 7) is 0.470. The largest absolute Gasteiger partial charge is 0.505 e. The molecular weight excluding hydrogens is 275 g/mol. The summed E-state index contributed by atoms with van der Waals surface area (Å²) in [5.74, 6) is -1.93. The van der Waals surface area contributed by atoms with Crippen molar-refractivity contribution in [3.63, 3.8) is 0 Å². The Labute approximate surface area is 118 Å². The summed E-state index contributed by atoms with van der Waals surface area (Å²) in [5, 5.41) is 19.3. The van der Waals surface area contributed by atoms with Gasteiger partial charge in [-0.2, -0.15) is 0 Å². The molecule has 1 aromatic carbocycles. The van der Waals surface area contributed by atoms with Crippen LogP contribution in [0.25, 0.3) is 10.9 Å². The molecule has 2 N–H and O–H groups in total. The molecule has 0 amide bonds. The number of carboxylic acids is 1. The first kappa shape index (κ1) is 13.1. The fourth-order valence-corrected chi connectivity index (χ4v) is 2.22. The third kappa shape index (κ3) is 2.31. The van der Waals surface area contributed by atoms with Crippen LogP contribution in [0.15, 0.2) is 42.7 Å². The molecule has 0 aliphatic rings. The molecule has 3 rings (SSSR count). The van der Waals surface area contributed by atoms with Gasteiger partial charge in [-0.3, -0.25) is 0 Å². The molecule has 0 aliphatic heterocycles. The van der Waals surface area contributed by atoms with Crippen molar-refractivity contribution < 1.29 is 19.4 Å². The summed E-state index contributed by atoms with van der Waals surface area (Å²) in [7, 11) is 0. The summed E-state index contributed by atoms with van der Waals surface area (Å²) >= 11 is 0. The minimum atomic E-state index is -1.28. The second kappa shape index (κ2) is 4.90. The van der Waals surface area contributed by atoms with Gasteiger partial charge in [-0.25, -0.2) is 14.2 Å². The van der Waals surface area contributed by atoms with E-state index in [0.29, 0.717) is 17.4 Å². The summed E-state index contributed by atoms with van der Waals surface area (Å²) in [6.07, 6.45) is 3.13. The van der Waals surface area contributed by atoms with E-state index >= 15 is 0 Å². The van der Waals surface area contributed by atoms with Crippen LogP contribution in [0.4, 0.5) is 4.39 Å². The van der Waals surface area contributed by atoms with Gasteiger partial charge in [0.15, 0.2) is 11.4 Å². The third-order valence-corrected chi connectivity index (χ3v) is 3.27. The van der Waals surface area contributed by atoms with Crippen molar-refractivity contribution in [1.29, 1.82) is 0 Å². The molecule has 0 fully saturated rings. The number of carbonyl (C=O) groups is 1. The topological polar surface area (TPSA) is 75.3 Å². The second-order valence-corrected chi connectivity index (χ2v) is 4.63. The molecule has 21 heavy (non-hydrogen) atoms. The van der Waals surface area contributed by atoms with Gasteiger partial charge in [0.2, 0.25) is 0 Å². The highest BCUT2D eigenvalue weighted by Gasteiger charge is 2.16. The highest BCUT2D eigenvalue weighted by molar-refractivity contribution is 5.97. The van der Waals surface area contributed by atoms with E-state index in [4.69, 9.17) is 5.11 Å². The van der Waals surface area contributed by atoms with E-state index in [1.54, 1.807) is 29.0 Å². The lowest BCUT2D eigenvalue weighted by molar-refractivity contribution is 0.0687. The number of aromatic carboxylic acids is 1. The van der Waals surface area contributed by atoms with Gasteiger partial charge in [-0.05, 0) is 23.8 Å². The maximum absolute atomic E-state index is 12.9. The van der Waals surface area contributed by atoms with Crippen LogP contribution in [-0.2, 0) is 6.54 Å². The van der Waals surface area contributed by atoms with E-state index < -0.39 is 5.97 Å². The average Bonchev–Trinajstić information content (AvgIpc) is 2.85. The molecule has 5 nitrogen and oxygen atoms in total. The van der Waals surface area contributed by atoms with E-state index in [1.807, 2.05) is 0 Å². The number of fused-ring (bicyclic) bond motifs is 1. The van der Waals surface area contributed by atoms with E-state index in [1.165, 1.54) is 18.3 Å². The average molecular weight is 286 g/mol. The standard InChI is InChI=1S/C15H11FN2O3/c16-10-3-1-9(2-4-10)8-18-6-5-11-12(18)7-17-13(14(11)19)15(20)21/h1-7,19H,8H2,(H,20,21). The van der Waals surface area contributed by atoms with Crippen LogP contribution in [0.3, 0.4) is 0 Å². The maximum Gasteiger partial charge on any atom is 0.358 e.